The number of rotatable bonds is 10. The lowest BCUT2D eigenvalue weighted by atomic mass is 9.92. The van der Waals surface area contributed by atoms with E-state index in [4.69, 9.17) is 9.26 Å². The number of hydrogen-bond donors (Lipinski definition) is 2. The van der Waals surface area contributed by atoms with Gasteiger partial charge >= 0.3 is 6.01 Å². The summed E-state index contributed by atoms with van der Waals surface area (Å²) in [7, 11) is 0. The summed E-state index contributed by atoms with van der Waals surface area (Å²) in [5.74, 6) is -1.39. The quantitative estimate of drug-likeness (QED) is 0.516. The summed E-state index contributed by atoms with van der Waals surface area (Å²) < 4.78 is 39.4. The molecule has 1 aromatic heterocycles. The summed E-state index contributed by atoms with van der Waals surface area (Å²) in [6.07, 6.45) is 2.88. The van der Waals surface area contributed by atoms with Gasteiger partial charge in [-0.25, -0.2) is 8.78 Å². The molecule has 1 saturated heterocycles. The molecule has 1 amide bonds. The van der Waals surface area contributed by atoms with Gasteiger partial charge in [0.1, 0.15) is 22.9 Å². The Bertz CT molecular complexity index is 904. The second kappa shape index (κ2) is 11.4. The zero-order valence-electron chi connectivity index (χ0n) is 19.3. The van der Waals surface area contributed by atoms with E-state index >= 15 is 0 Å². The van der Waals surface area contributed by atoms with Gasteiger partial charge in [0.2, 0.25) is 0 Å². The summed E-state index contributed by atoms with van der Waals surface area (Å²) in [4.78, 5) is 18.5. The number of nitrogens with zero attached hydrogens (tertiary/aromatic N) is 3. The molecule has 0 radical (unpaired) electrons. The first-order valence-corrected chi connectivity index (χ1v) is 11.4. The lowest BCUT2D eigenvalue weighted by molar-refractivity contribution is 0.0915. The van der Waals surface area contributed by atoms with Gasteiger partial charge in [-0.2, -0.15) is 4.98 Å². The van der Waals surface area contributed by atoms with Gasteiger partial charge in [-0.15, -0.1) is 0 Å². The Kier molecular flexibility index (Phi) is 8.60. The summed E-state index contributed by atoms with van der Waals surface area (Å²) in [6.45, 7) is 7.44. The summed E-state index contributed by atoms with van der Waals surface area (Å²) in [5, 5.41) is 15.5. The summed E-state index contributed by atoms with van der Waals surface area (Å²) >= 11 is 0. The minimum atomic E-state index is -0.998. The predicted molar refractivity (Wildman–Crippen MR) is 118 cm³/mol. The maximum Gasteiger partial charge on any atom is 0.324 e. The molecule has 8 nitrogen and oxygen atoms in total. The van der Waals surface area contributed by atoms with Gasteiger partial charge in [-0.3, -0.25) is 4.79 Å². The highest BCUT2D eigenvalue weighted by Gasteiger charge is 2.24. The second-order valence-corrected chi connectivity index (χ2v) is 8.83. The van der Waals surface area contributed by atoms with Crippen molar-refractivity contribution >= 4 is 11.9 Å². The number of piperidine rings is 1. The van der Waals surface area contributed by atoms with E-state index in [1.54, 1.807) is 0 Å². The van der Waals surface area contributed by atoms with E-state index in [2.05, 4.69) is 20.4 Å². The van der Waals surface area contributed by atoms with Crippen molar-refractivity contribution < 1.29 is 27.9 Å². The van der Waals surface area contributed by atoms with Crippen LogP contribution in [0.1, 0.15) is 68.6 Å². The molecular weight excluding hydrogens is 434 g/mol. The highest BCUT2D eigenvalue weighted by molar-refractivity contribution is 5.94. The maximum absolute atomic E-state index is 14.2. The van der Waals surface area contributed by atoms with Crippen molar-refractivity contribution in [1.29, 1.82) is 0 Å². The molecule has 1 fully saturated rings. The average Bonchev–Trinajstić information content (AvgIpc) is 3.26. The van der Waals surface area contributed by atoms with E-state index in [0.29, 0.717) is 24.4 Å². The van der Waals surface area contributed by atoms with E-state index in [-0.39, 0.29) is 18.2 Å². The Morgan fingerprint density at radius 2 is 1.94 bits per heavy atom. The zero-order chi connectivity index (χ0) is 24.0. The fraction of sp³-hybridized carbons (Fsp3) is 0.609. The van der Waals surface area contributed by atoms with E-state index in [0.717, 1.165) is 50.9 Å². The smallest absolute Gasteiger partial charge is 0.324 e. The Balaban J connectivity index is 1.41. The number of aliphatic hydroxyl groups is 1. The molecule has 182 valence electrons. The van der Waals surface area contributed by atoms with Crippen LogP contribution in [0.15, 0.2) is 16.7 Å². The third kappa shape index (κ3) is 6.86. The van der Waals surface area contributed by atoms with E-state index in [1.807, 2.05) is 13.8 Å². The Morgan fingerprint density at radius 3 is 2.52 bits per heavy atom. The molecule has 0 aliphatic carbocycles. The van der Waals surface area contributed by atoms with Crippen LogP contribution in [0, 0.1) is 17.6 Å². The molecule has 1 aliphatic heterocycles. The number of ether oxygens (including phenoxy) is 1. The Hall–Kier alpha value is -2.75. The molecule has 1 aliphatic rings. The van der Waals surface area contributed by atoms with E-state index in [9.17, 15) is 18.7 Å². The number of aliphatic hydroxyl groups excluding tert-OH is 1. The van der Waals surface area contributed by atoms with Gasteiger partial charge < -0.3 is 24.6 Å². The highest BCUT2D eigenvalue weighted by Crippen LogP contribution is 2.26. The van der Waals surface area contributed by atoms with Gasteiger partial charge in [0.15, 0.2) is 5.82 Å². The van der Waals surface area contributed by atoms with Crippen LogP contribution in [0.25, 0.3) is 0 Å². The molecular formula is C23H32F2N4O4. The molecule has 2 aromatic rings. The fourth-order valence-electron chi connectivity index (χ4n) is 3.74. The monoisotopic (exact) mass is 466 g/mol. The van der Waals surface area contributed by atoms with E-state index in [1.165, 1.54) is 6.92 Å². The van der Waals surface area contributed by atoms with Crippen molar-refractivity contribution in [1.82, 2.24) is 15.5 Å². The maximum atomic E-state index is 14.2. The van der Waals surface area contributed by atoms with Gasteiger partial charge in [-0.05, 0) is 38.5 Å². The first-order valence-electron chi connectivity index (χ1n) is 11.4. The normalized spacial score (nSPS) is 15.7. The number of aromatic nitrogens is 2. The molecule has 33 heavy (non-hydrogen) atoms. The van der Waals surface area contributed by atoms with Crippen molar-refractivity contribution in [2.24, 2.45) is 5.92 Å². The number of hydrogen-bond acceptors (Lipinski definition) is 7. The standard InChI is InChI=1S/C23H32F2N4O4/c1-14(2)21-27-23(33-28-21)29-8-6-16(7-9-29)5-4-10-32-17-11-18(24)20(19(25)12-17)22(31)26-13-15(3)30/h11-12,14-16,30H,4-10,13H2,1-3H3,(H,26,31). The predicted octanol–water partition coefficient (Wildman–Crippen LogP) is 3.66. The minimum Gasteiger partial charge on any atom is -0.493 e. The number of carbonyl (C=O) groups is 1. The van der Waals surface area contributed by atoms with Crippen LogP contribution in [0.4, 0.5) is 14.8 Å². The largest absolute Gasteiger partial charge is 0.493 e. The lowest BCUT2D eigenvalue weighted by Crippen LogP contribution is -2.34. The van der Waals surface area contributed by atoms with Crippen LogP contribution in [-0.4, -0.2) is 53.5 Å². The van der Waals surface area contributed by atoms with Gasteiger partial charge in [0.25, 0.3) is 5.91 Å². The van der Waals surface area contributed by atoms with Crippen molar-refractivity contribution in [3.63, 3.8) is 0 Å². The molecule has 0 spiro atoms. The number of amides is 1. The SMILES string of the molecule is CC(O)CNC(=O)c1c(F)cc(OCCCC2CCN(c3nc(C(C)C)no3)CC2)cc1F. The lowest BCUT2D eigenvalue weighted by Gasteiger charge is -2.30. The van der Waals surface area contributed by atoms with Crippen LogP contribution < -0.4 is 15.0 Å². The number of halogens is 2. The van der Waals surface area contributed by atoms with Crippen LogP contribution in [0.5, 0.6) is 5.75 Å². The first-order chi connectivity index (χ1) is 15.7. The minimum absolute atomic E-state index is 0.0456. The Labute approximate surface area is 192 Å². The highest BCUT2D eigenvalue weighted by atomic mass is 19.1. The van der Waals surface area contributed by atoms with Crippen LogP contribution in [-0.2, 0) is 0 Å². The van der Waals surface area contributed by atoms with Crippen LogP contribution in [0.3, 0.4) is 0 Å². The van der Waals surface area contributed by atoms with Crippen LogP contribution in [0.2, 0.25) is 0 Å². The fourth-order valence-corrected chi connectivity index (χ4v) is 3.74. The molecule has 1 unspecified atom stereocenters. The number of nitrogens with one attached hydrogen (secondary N) is 1. The van der Waals surface area contributed by atoms with Gasteiger partial charge in [-0.1, -0.05) is 19.0 Å². The van der Waals surface area contributed by atoms with Crippen molar-refractivity contribution in [2.45, 2.75) is 58.5 Å². The number of benzene rings is 1. The summed E-state index contributed by atoms with van der Waals surface area (Å²) in [5.41, 5.74) is -0.684. The van der Waals surface area contributed by atoms with Crippen LogP contribution >= 0.6 is 0 Å². The van der Waals surface area contributed by atoms with E-state index < -0.39 is 29.2 Å². The molecule has 0 saturated carbocycles. The van der Waals surface area contributed by atoms with Gasteiger partial charge in [0, 0.05) is 37.7 Å². The number of anilines is 1. The zero-order valence-corrected chi connectivity index (χ0v) is 19.3. The molecule has 2 heterocycles. The van der Waals surface area contributed by atoms with Crippen molar-refractivity contribution in [3.8, 4) is 5.75 Å². The summed E-state index contributed by atoms with van der Waals surface area (Å²) in [6, 6.07) is 2.59. The molecule has 1 atom stereocenters. The molecule has 2 N–H and O–H groups in total. The third-order valence-corrected chi connectivity index (χ3v) is 5.66. The molecule has 3 rings (SSSR count). The topological polar surface area (TPSA) is 101 Å². The third-order valence-electron chi connectivity index (χ3n) is 5.66. The average molecular weight is 467 g/mol. The van der Waals surface area contributed by atoms with Crippen molar-refractivity contribution in [3.05, 3.63) is 35.2 Å². The molecule has 1 aromatic carbocycles. The number of carbonyl (C=O) groups excluding carboxylic acids is 1. The molecule has 0 bridgehead atoms. The van der Waals surface area contributed by atoms with Crippen molar-refractivity contribution in [2.75, 3.05) is 31.1 Å². The molecule has 10 heteroatoms. The van der Waals surface area contributed by atoms with Gasteiger partial charge in [0.05, 0.1) is 12.7 Å². The Morgan fingerprint density at radius 1 is 1.27 bits per heavy atom. The first kappa shape index (κ1) is 24.9. The second-order valence-electron chi connectivity index (χ2n) is 8.83.